The van der Waals surface area contributed by atoms with Crippen LogP contribution < -0.4 is 0 Å². The lowest BCUT2D eigenvalue weighted by Gasteiger charge is -2.22. The van der Waals surface area contributed by atoms with Crippen LogP contribution in [0.2, 0.25) is 0 Å². The van der Waals surface area contributed by atoms with Gasteiger partial charge < -0.3 is 23.7 Å². The molecule has 0 aromatic heterocycles. The van der Waals surface area contributed by atoms with Gasteiger partial charge in [0, 0.05) is 27.4 Å². The Bertz CT molecular complexity index is 394. The van der Waals surface area contributed by atoms with Crippen molar-refractivity contribution in [3.8, 4) is 0 Å². The summed E-state index contributed by atoms with van der Waals surface area (Å²) in [5.74, 6) is -1.77. The van der Waals surface area contributed by atoms with Crippen molar-refractivity contribution in [1.82, 2.24) is 0 Å². The summed E-state index contributed by atoms with van der Waals surface area (Å²) in [7, 11) is 0. The van der Waals surface area contributed by atoms with Gasteiger partial charge in [0.15, 0.2) is 6.10 Å². The van der Waals surface area contributed by atoms with Gasteiger partial charge >= 0.3 is 17.9 Å². The van der Waals surface area contributed by atoms with Crippen molar-refractivity contribution in [2.45, 2.75) is 52.3 Å². The topological polar surface area (TPSA) is 97.4 Å². The number of esters is 3. The van der Waals surface area contributed by atoms with E-state index in [0.29, 0.717) is 6.61 Å². The van der Waals surface area contributed by atoms with Gasteiger partial charge in [-0.2, -0.15) is 0 Å². The Morgan fingerprint density at radius 3 is 1.90 bits per heavy atom. The third kappa shape index (κ3) is 5.31. The minimum Gasteiger partial charge on any atom is -0.455 e. The fraction of sp³-hybridized carbons (Fsp3) is 0.769. The van der Waals surface area contributed by atoms with Crippen LogP contribution in [0.15, 0.2) is 0 Å². The lowest BCUT2D eigenvalue weighted by Crippen LogP contribution is -2.41. The monoisotopic (exact) mass is 304 g/mol. The van der Waals surface area contributed by atoms with E-state index in [9.17, 15) is 14.4 Å². The normalized spacial score (nSPS) is 28.0. The van der Waals surface area contributed by atoms with Gasteiger partial charge in [-0.15, -0.1) is 0 Å². The van der Waals surface area contributed by atoms with Crippen molar-refractivity contribution in [3.05, 3.63) is 0 Å². The second kappa shape index (κ2) is 7.94. The van der Waals surface area contributed by atoms with Crippen LogP contribution in [-0.2, 0) is 38.1 Å². The van der Waals surface area contributed by atoms with E-state index in [1.807, 2.05) is 0 Å². The van der Waals surface area contributed by atoms with Gasteiger partial charge in [0.25, 0.3) is 0 Å². The molecule has 0 spiro atoms. The molecule has 1 rings (SSSR count). The summed E-state index contributed by atoms with van der Waals surface area (Å²) in [5.41, 5.74) is 0. The lowest BCUT2D eigenvalue weighted by molar-refractivity contribution is -0.196. The summed E-state index contributed by atoms with van der Waals surface area (Å²) in [6.45, 7) is 5.97. The summed E-state index contributed by atoms with van der Waals surface area (Å²) in [4.78, 5) is 33.5. The minimum absolute atomic E-state index is 0.115. The first-order valence-corrected chi connectivity index (χ1v) is 6.60. The highest BCUT2D eigenvalue weighted by Crippen LogP contribution is 2.28. The molecule has 4 atom stereocenters. The molecule has 120 valence electrons. The zero-order chi connectivity index (χ0) is 16.0. The maximum atomic E-state index is 11.2. The quantitative estimate of drug-likeness (QED) is 0.506. The van der Waals surface area contributed by atoms with E-state index in [4.69, 9.17) is 23.7 Å². The van der Waals surface area contributed by atoms with Crippen LogP contribution in [0.1, 0.15) is 27.7 Å². The van der Waals surface area contributed by atoms with E-state index in [0.717, 1.165) is 0 Å². The van der Waals surface area contributed by atoms with Crippen molar-refractivity contribution < 1.29 is 38.1 Å². The Morgan fingerprint density at radius 1 is 0.905 bits per heavy atom. The molecule has 0 aromatic rings. The van der Waals surface area contributed by atoms with Gasteiger partial charge in [-0.25, -0.2) is 0 Å². The van der Waals surface area contributed by atoms with E-state index in [-0.39, 0.29) is 6.61 Å². The number of carbonyl (C=O) groups excluding carboxylic acids is 3. The number of hydrogen-bond acceptors (Lipinski definition) is 8. The second-order valence-corrected chi connectivity index (χ2v) is 4.46. The first kappa shape index (κ1) is 17.4. The van der Waals surface area contributed by atoms with Crippen molar-refractivity contribution in [3.63, 3.8) is 0 Å². The van der Waals surface area contributed by atoms with Crippen LogP contribution in [0.3, 0.4) is 0 Å². The average Bonchev–Trinajstić information content (AvgIpc) is 2.63. The summed E-state index contributed by atoms with van der Waals surface area (Å²) in [6.07, 6.45) is -3.76. The SMILES string of the molecule is CCOC[C@H]1O[C@H](OC(C)=O)[C@H](OC(C)=O)[C@@H]1OC(C)=O. The van der Waals surface area contributed by atoms with E-state index >= 15 is 0 Å². The van der Waals surface area contributed by atoms with Crippen molar-refractivity contribution in [2.75, 3.05) is 13.2 Å². The lowest BCUT2D eigenvalue weighted by atomic mass is 10.1. The zero-order valence-corrected chi connectivity index (χ0v) is 12.5. The standard InChI is InChI=1S/C13H20O8/c1-5-17-6-10-11(18-7(2)14)12(19-8(3)15)13(21-10)20-9(4)16/h10-13H,5-6H2,1-4H3/t10-,11-,12-,13+/m1/s1. The summed E-state index contributed by atoms with van der Waals surface area (Å²) in [5, 5.41) is 0. The van der Waals surface area contributed by atoms with E-state index < -0.39 is 42.5 Å². The highest BCUT2D eigenvalue weighted by molar-refractivity contribution is 5.68. The summed E-state index contributed by atoms with van der Waals surface area (Å²) < 4.78 is 25.9. The smallest absolute Gasteiger partial charge is 0.305 e. The molecule has 1 aliphatic heterocycles. The van der Waals surface area contributed by atoms with Crippen LogP contribution in [0, 0.1) is 0 Å². The largest absolute Gasteiger partial charge is 0.455 e. The fourth-order valence-electron chi connectivity index (χ4n) is 1.97. The molecule has 8 nitrogen and oxygen atoms in total. The number of ether oxygens (including phenoxy) is 5. The zero-order valence-electron chi connectivity index (χ0n) is 12.5. The molecular formula is C13H20O8. The molecule has 1 aliphatic rings. The molecule has 0 bridgehead atoms. The summed E-state index contributed by atoms with van der Waals surface area (Å²) in [6, 6.07) is 0. The van der Waals surface area contributed by atoms with Crippen LogP contribution in [-0.4, -0.2) is 55.7 Å². The maximum absolute atomic E-state index is 11.2. The highest BCUT2D eigenvalue weighted by atomic mass is 16.7. The van der Waals surface area contributed by atoms with Crippen molar-refractivity contribution in [2.24, 2.45) is 0 Å². The van der Waals surface area contributed by atoms with E-state index in [1.165, 1.54) is 20.8 Å². The predicted molar refractivity (Wildman–Crippen MR) is 68.0 cm³/mol. The first-order chi connectivity index (χ1) is 9.85. The van der Waals surface area contributed by atoms with Crippen molar-refractivity contribution >= 4 is 17.9 Å². The minimum atomic E-state index is -1.14. The number of carbonyl (C=O) groups is 3. The second-order valence-electron chi connectivity index (χ2n) is 4.46. The molecule has 21 heavy (non-hydrogen) atoms. The fourth-order valence-corrected chi connectivity index (χ4v) is 1.97. The first-order valence-electron chi connectivity index (χ1n) is 6.60. The van der Waals surface area contributed by atoms with Crippen LogP contribution in [0.5, 0.6) is 0 Å². The van der Waals surface area contributed by atoms with Gasteiger partial charge in [0.1, 0.15) is 6.10 Å². The Labute approximate surface area is 122 Å². The van der Waals surface area contributed by atoms with Crippen LogP contribution in [0.4, 0.5) is 0 Å². The molecule has 0 radical (unpaired) electrons. The van der Waals surface area contributed by atoms with Gasteiger partial charge in [-0.1, -0.05) is 0 Å². The molecule has 0 amide bonds. The average molecular weight is 304 g/mol. The highest BCUT2D eigenvalue weighted by Gasteiger charge is 2.51. The Balaban J connectivity index is 2.91. The third-order valence-electron chi connectivity index (χ3n) is 2.64. The van der Waals surface area contributed by atoms with Gasteiger partial charge in [-0.3, -0.25) is 14.4 Å². The molecule has 0 unspecified atom stereocenters. The Hall–Kier alpha value is -1.67. The van der Waals surface area contributed by atoms with E-state index in [2.05, 4.69) is 0 Å². The molecule has 0 aliphatic carbocycles. The molecule has 8 heteroatoms. The third-order valence-corrected chi connectivity index (χ3v) is 2.64. The van der Waals surface area contributed by atoms with Gasteiger partial charge in [-0.05, 0) is 6.92 Å². The molecule has 0 saturated carbocycles. The molecule has 0 N–H and O–H groups in total. The van der Waals surface area contributed by atoms with Gasteiger partial charge in [0.2, 0.25) is 12.4 Å². The molecule has 1 fully saturated rings. The number of rotatable bonds is 6. The summed E-state index contributed by atoms with van der Waals surface area (Å²) >= 11 is 0. The van der Waals surface area contributed by atoms with Crippen molar-refractivity contribution in [1.29, 1.82) is 0 Å². The number of hydrogen-bond donors (Lipinski definition) is 0. The predicted octanol–water partition coefficient (Wildman–Crippen LogP) is 0.174. The molecular weight excluding hydrogens is 284 g/mol. The molecule has 0 aromatic carbocycles. The van der Waals surface area contributed by atoms with Gasteiger partial charge in [0.05, 0.1) is 6.61 Å². The van der Waals surface area contributed by atoms with Crippen LogP contribution in [0.25, 0.3) is 0 Å². The van der Waals surface area contributed by atoms with Crippen LogP contribution >= 0.6 is 0 Å². The van der Waals surface area contributed by atoms with E-state index in [1.54, 1.807) is 6.92 Å². The Morgan fingerprint density at radius 2 is 1.43 bits per heavy atom. The molecule has 1 saturated heterocycles. The maximum Gasteiger partial charge on any atom is 0.305 e. The molecule has 1 heterocycles. The Kier molecular flexibility index (Phi) is 6.57.